The number of benzene rings is 2. The van der Waals surface area contributed by atoms with Crippen molar-refractivity contribution in [2.75, 3.05) is 5.75 Å². The summed E-state index contributed by atoms with van der Waals surface area (Å²) in [6.07, 6.45) is 0. The molecule has 8 heteroatoms. The molecule has 0 aliphatic carbocycles. The Morgan fingerprint density at radius 1 is 1.07 bits per heavy atom. The number of carbonyl (C=O) groups excluding carboxylic acids is 1. The summed E-state index contributed by atoms with van der Waals surface area (Å²) < 4.78 is 24.9. The number of thiophene rings is 1. The standard InChI is InChI=1S/C21H17ClN2O3S2/c22-19-7-5-17(6-8-19)21(18-9-10-28-12-18)24-20(25)14-29(26,27)13-16-3-1-15(11-23)2-4-16/h1-10,12,21H,13-14H2,(H,24,25). The highest BCUT2D eigenvalue weighted by Gasteiger charge is 2.22. The highest BCUT2D eigenvalue weighted by molar-refractivity contribution is 7.91. The molecule has 0 aliphatic rings. The summed E-state index contributed by atoms with van der Waals surface area (Å²) in [7, 11) is -3.67. The van der Waals surface area contributed by atoms with Crippen molar-refractivity contribution in [3.8, 4) is 6.07 Å². The average molecular weight is 445 g/mol. The molecule has 0 bridgehead atoms. The monoisotopic (exact) mass is 444 g/mol. The number of carbonyl (C=O) groups is 1. The number of amides is 1. The average Bonchev–Trinajstić information content (AvgIpc) is 3.21. The predicted molar refractivity (Wildman–Crippen MR) is 114 cm³/mol. The van der Waals surface area contributed by atoms with Gasteiger partial charge in [-0.15, -0.1) is 0 Å². The van der Waals surface area contributed by atoms with E-state index < -0.39 is 27.5 Å². The number of nitriles is 1. The lowest BCUT2D eigenvalue weighted by atomic mass is 10.0. The first-order chi connectivity index (χ1) is 13.9. The van der Waals surface area contributed by atoms with Crippen LogP contribution in [-0.4, -0.2) is 20.1 Å². The summed E-state index contributed by atoms with van der Waals surface area (Å²) in [5, 5.41) is 16.0. The van der Waals surface area contributed by atoms with Gasteiger partial charge in [0.15, 0.2) is 9.84 Å². The predicted octanol–water partition coefficient (Wildman–Crippen LogP) is 4.09. The van der Waals surface area contributed by atoms with E-state index in [2.05, 4.69) is 5.32 Å². The Morgan fingerprint density at radius 3 is 2.34 bits per heavy atom. The largest absolute Gasteiger partial charge is 0.344 e. The van der Waals surface area contributed by atoms with Crippen molar-refractivity contribution in [2.45, 2.75) is 11.8 Å². The fourth-order valence-electron chi connectivity index (χ4n) is 2.84. The van der Waals surface area contributed by atoms with Gasteiger partial charge in [-0.1, -0.05) is 35.9 Å². The topological polar surface area (TPSA) is 87.0 Å². The Kier molecular flexibility index (Phi) is 6.70. The van der Waals surface area contributed by atoms with Crippen molar-refractivity contribution in [1.82, 2.24) is 5.32 Å². The second kappa shape index (κ2) is 9.23. The Labute approximate surface area is 178 Å². The van der Waals surface area contributed by atoms with E-state index in [1.54, 1.807) is 48.5 Å². The molecule has 1 aromatic heterocycles. The van der Waals surface area contributed by atoms with E-state index in [4.69, 9.17) is 16.9 Å². The van der Waals surface area contributed by atoms with Crippen LogP contribution in [0.5, 0.6) is 0 Å². The fourth-order valence-corrected chi connectivity index (χ4v) is 4.93. The molecule has 2 aromatic carbocycles. The highest BCUT2D eigenvalue weighted by Crippen LogP contribution is 2.25. The van der Waals surface area contributed by atoms with Gasteiger partial charge in [-0.25, -0.2) is 8.42 Å². The Bertz CT molecular complexity index is 1120. The number of halogens is 1. The lowest BCUT2D eigenvalue weighted by molar-refractivity contribution is -0.119. The second-order valence-corrected chi connectivity index (χ2v) is 9.73. The summed E-state index contributed by atoms with van der Waals surface area (Å²) in [4.78, 5) is 12.5. The first kappa shape index (κ1) is 21.1. The van der Waals surface area contributed by atoms with Crippen molar-refractivity contribution in [1.29, 1.82) is 5.26 Å². The lowest BCUT2D eigenvalue weighted by Crippen LogP contribution is -2.34. The minimum Gasteiger partial charge on any atom is -0.344 e. The van der Waals surface area contributed by atoms with Crippen LogP contribution in [0.2, 0.25) is 5.02 Å². The molecule has 3 rings (SSSR count). The molecule has 1 heterocycles. The first-order valence-electron chi connectivity index (χ1n) is 8.63. The Morgan fingerprint density at radius 2 is 1.76 bits per heavy atom. The summed E-state index contributed by atoms with van der Waals surface area (Å²) in [5.41, 5.74) is 2.66. The maximum Gasteiger partial charge on any atom is 0.235 e. The molecule has 1 amide bonds. The number of rotatable bonds is 7. The maximum atomic E-state index is 12.5. The van der Waals surface area contributed by atoms with Crippen molar-refractivity contribution in [3.63, 3.8) is 0 Å². The zero-order valence-corrected chi connectivity index (χ0v) is 17.6. The molecular formula is C21H17ClN2O3S2. The Hall–Kier alpha value is -2.66. The van der Waals surface area contributed by atoms with Gasteiger partial charge in [-0.2, -0.15) is 16.6 Å². The summed E-state index contributed by atoms with van der Waals surface area (Å²) in [6.45, 7) is 0. The van der Waals surface area contributed by atoms with Crippen LogP contribution < -0.4 is 5.32 Å². The molecule has 1 atom stereocenters. The maximum absolute atomic E-state index is 12.5. The second-order valence-electron chi connectivity index (χ2n) is 6.45. The lowest BCUT2D eigenvalue weighted by Gasteiger charge is -2.19. The quantitative estimate of drug-likeness (QED) is 0.594. The molecule has 0 saturated heterocycles. The third kappa shape index (κ3) is 5.91. The molecule has 5 nitrogen and oxygen atoms in total. The van der Waals surface area contributed by atoms with Gasteiger partial charge >= 0.3 is 0 Å². The smallest absolute Gasteiger partial charge is 0.235 e. The van der Waals surface area contributed by atoms with Crippen molar-refractivity contribution >= 4 is 38.7 Å². The fraction of sp³-hybridized carbons (Fsp3) is 0.143. The number of hydrogen-bond acceptors (Lipinski definition) is 5. The van der Waals surface area contributed by atoms with Gasteiger partial charge in [0.1, 0.15) is 5.75 Å². The molecule has 29 heavy (non-hydrogen) atoms. The van der Waals surface area contributed by atoms with Crippen LogP contribution in [0.3, 0.4) is 0 Å². The summed E-state index contributed by atoms with van der Waals surface area (Å²) in [5.74, 6) is -1.47. The first-order valence-corrected chi connectivity index (χ1v) is 11.8. The van der Waals surface area contributed by atoms with E-state index in [1.807, 2.05) is 22.9 Å². The minimum atomic E-state index is -3.67. The molecule has 0 saturated carbocycles. The number of hydrogen-bond donors (Lipinski definition) is 1. The Balaban J connectivity index is 1.72. The van der Waals surface area contributed by atoms with E-state index >= 15 is 0 Å². The van der Waals surface area contributed by atoms with Gasteiger partial charge in [-0.3, -0.25) is 4.79 Å². The van der Waals surface area contributed by atoms with Crippen molar-refractivity contribution < 1.29 is 13.2 Å². The normalized spacial score (nSPS) is 12.1. The molecule has 0 radical (unpaired) electrons. The third-order valence-electron chi connectivity index (χ3n) is 4.21. The van der Waals surface area contributed by atoms with Crippen LogP contribution in [0.25, 0.3) is 0 Å². The molecular weight excluding hydrogens is 428 g/mol. The van der Waals surface area contributed by atoms with Crippen LogP contribution in [0.15, 0.2) is 65.4 Å². The van der Waals surface area contributed by atoms with Gasteiger partial charge in [0.05, 0.1) is 23.4 Å². The van der Waals surface area contributed by atoms with Gasteiger partial charge < -0.3 is 5.32 Å². The summed E-state index contributed by atoms with van der Waals surface area (Å²) in [6, 6.07) is 16.7. The molecule has 3 aromatic rings. The van der Waals surface area contributed by atoms with Gasteiger partial charge in [0.25, 0.3) is 0 Å². The zero-order chi connectivity index (χ0) is 20.9. The van der Waals surface area contributed by atoms with Crippen molar-refractivity contribution in [3.05, 3.63) is 92.6 Å². The third-order valence-corrected chi connectivity index (χ3v) is 6.63. The number of sulfone groups is 1. The zero-order valence-electron chi connectivity index (χ0n) is 15.2. The summed E-state index contributed by atoms with van der Waals surface area (Å²) >= 11 is 7.44. The number of nitrogens with one attached hydrogen (secondary N) is 1. The van der Waals surface area contributed by atoms with Crippen LogP contribution in [0, 0.1) is 11.3 Å². The van der Waals surface area contributed by atoms with E-state index in [0.717, 1.165) is 11.1 Å². The molecule has 1 N–H and O–H groups in total. The molecule has 0 fully saturated rings. The number of nitrogens with zero attached hydrogens (tertiary/aromatic N) is 1. The molecule has 1 unspecified atom stereocenters. The van der Waals surface area contributed by atoms with Crippen LogP contribution in [0.4, 0.5) is 0 Å². The van der Waals surface area contributed by atoms with Crippen LogP contribution >= 0.6 is 22.9 Å². The van der Waals surface area contributed by atoms with Crippen LogP contribution in [0.1, 0.15) is 28.3 Å². The van der Waals surface area contributed by atoms with Crippen LogP contribution in [-0.2, 0) is 20.4 Å². The van der Waals surface area contributed by atoms with Gasteiger partial charge in [-0.05, 0) is 57.8 Å². The molecule has 0 spiro atoms. The minimum absolute atomic E-state index is 0.268. The van der Waals surface area contributed by atoms with E-state index in [0.29, 0.717) is 16.1 Å². The van der Waals surface area contributed by atoms with Crippen molar-refractivity contribution in [2.24, 2.45) is 0 Å². The van der Waals surface area contributed by atoms with E-state index in [1.165, 1.54) is 11.3 Å². The van der Waals surface area contributed by atoms with Gasteiger partial charge in [0.2, 0.25) is 5.91 Å². The molecule has 0 aliphatic heterocycles. The highest BCUT2D eigenvalue weighted by atomic mass is 35.5. The van der Waals surface area contributed by atoms with Gasteiger partial charge in [0, 0.05) is 5.02 Å². The SMILES string of the molecule is N#Cc1ccc(CS(=O)(=O)CC(=O)NC(c2ccc(Cl)cc2)c2ccsc2)cc1. The van der Waals surface area contributed by atoms with E-state index in [-0.39, 0.29) is 5.75 Å². The molecule has 148 valence electrons. The van der Waals surface area contributed by atoms with E-state index in [9.17, 15) is 13.2 Å².